The first-order valence-electron chi connectivity index (χ1n) is 8.84. The van der Waals surface area contributed by atoms with Gasteiger partial charge in [-0.2, -0.15) is 5.10 Å². The number of hydrogen-bond acceptors (Lipinski definition) is 4. The van der Waals surface area contributed by atoms with E-state index in [1.54, 1.807) is 29.8 Å². The lowest BCUT2D eigenvalue weighted by Crippen LogP contribution is -2.14. The van der Waals surface area contributed by atoms with E-state index in [0.717, 1.165) is 28.6 Å². The monoisotopic (exact) mass is 389 g/mol. The maximum absolute atomic E-state index is 13.8. The zero-order valence-corrected chi connectivity index (χ0v) is 16.0. The normalized spacial score (nSPS) is 11.1. The quantitative estimate of drug-likeness (QED) is 0.616. The van der Waals surface area contributed by atoms with Crippen molar-refractivity contribution >= 4 is 28.5 Å². The summed E-state index contributed by atoms with van der Waals surface area (Å²) in [6.45, 7) is 5.32. The fraction of sp³-hybridized carbons (Fsp3) is 0.300. The van der Waals surface area contributed by atoms with E-state index in [4.69, 9.17) is 16.3 Å². The molecule has 3 rings (SSSR count). The Morgan fingerprint density at radius 1 is 1.26 bits per heavy atom. The molecule has 0 radical (unpaired) electrons. The largest absolute Gasteiger partial charge is 0.465 e. The van der Waals surface area contributed by atoms with Crippen LogP contribution in [0.4, 0.5) is 4.39 Å². The van der Waals surface area contributed by atoms with E-state index in [1.807, 2.05) is 13.0 Å². The number of nitrogens with zero attached hydrogens (tertiary/aromatic N) is 2. The van der Waals surface area contributed by atoms with Crippen LogP contribution >= 0.6 is 11.6 Å². The van der Waals surface area contributed by atoms with Crippen LogP contribution in [-0.4, -0.2) is 28.9 Å². The average Bonchev–Trinajstić information content (AvgIpc) is 2.97. The summed E-state index contributed by atoms with van der Waals surface area (Å²) in [7, 11) is 0. The van der Waals surface area contributed by atoms with E-state index in [0.29, 0.717) is 23.9 Å². The molecule has 0 bridgehead atoms. The Bertz CT molecular complexity index is 971. The highest BCUT2D eigenvalue weighted by Gasteiger charge is 2.18. The van der Waals surface area contributed by atoms with Crippen molar-refractivity contribution in [3.05, 3.63) is 52.8 Å². The van der Waals surface area contributed by atoms with Gasteiger partial charge >= 0.3 is 5.97 Å². The number of hydrogen-bond donors (Lipinski definition) is 1. The van der Waals surface area contributed by atoms with Crippen molar-refractivity contribution in [3.63, 3.8) is 0 Å². The van der Waals surface area contributed by atoms with Crippen LogP contribution in [0.5, 0.6) is 0 Å². The molecular weight excluding hydrogens is 369 g/mol. The highest BCUT2D eigenvalue weighted by molar-refractivity contribution is 6.31. The summed E-state index contributed by atoms with van der Waals surface area (Å²) < 4.78 is 20.4. The molecule has 0 spiro atoms. The summed E-state index contributed by atoms with van der Waals surface area (Å²) in [4.78, 5) is 12.0. The average molecular weight is 390 g/mol. The molecule has 5 nitrogen and oxygen atoms in total. The summed E-state index contributed by atoms with van der Waals surface area (Å²) in [6.07, 6.45) is 0. The van der Waals surface area contributed by atoms with Gasteiger partial charge in [0, 0.05) is 22.5 Å². The summed E-state index contributed by atoms with van der Waals surface area (Å²) in [6, 6.07) is 9.99. The number of fused-ring (bicyclic) bond motifs is 1. The lowest BCUT2D eigenvalue weighted by atomic mass is 10.0. The molecule has 1 heterocycles. The highest BCUT2D eigenvalue weighted by Crippen LogP contribution is 2.32. The number of carbonyl (C=O) groups is 1. The first-order chi connectivity index (χ1) is 13.0. The molecule has 142 valence electrons. The minimum Gasteiger partial charge on any atom is -0.465 e. The lowest BCUT2D eigenvalue weighted by molar-refractivity contribution is -0.143. The third-order valence-corrected chi connectivity index (χ3v) is 4.42. The van der Waals surface area contributed by atoms with Crippen LogP contribution < -0.4 is 5.32 Å². The molecule has 0 unspecified atom stereocenters. The zero-order chi connectivity index (χ0) is 19.4. The van der Waals surface area contributed by atoms with E-state index in [2.05, 4.69) is 10.4 Å². The first kappa shape index (κ1) is 19.3. The molecule has 0 aliphatic rings. The molecule has 0 fully saturated rings. The molecular formula is C20H21ClFN3O2. The Morgan fingerprint density at radius 2 is 2.07 bits per heavy atom. The van der Waals surface area contributed by atoms with Crippen LogP contribution in [0, 0.1) is 5.82 Å². The van der Waals surface area contributed by atoms with Gasteiger partial charge in [-0.3, -0.25) is 9.48 Å². The van der Waals surface area contributed by atoms with Crippen molar-refractivity contribution in [2.45, 2.75) is 26.9 Å². The minimum atomic E-state index is -0.365. The minimum absolute atomic E-state index is 0.00426. The standard InChI is InChI=1S/C20H21ClFN3O2/c1-3-23-11-13-9-15(22)6-7-16(13)20-17-10-14(21)5-8-18(17)25(24-20)12-19(26)27-4-2/h5-10,23H,3-4,11-12H2,1-2H3. The molecule has 0 amide bonds. The fourth-order valence-corrected chi connectivity index (χ4v) is 3.17. The van der Waals surface area contributed by atoms with Gasteiger partial charge in [-0.15, -0.1) is 0 Å². The van der Waals surface area contributed by atoms with E-state index in [1.165, 1.54) is 12.1 Å². The van der Waals surface area contributed by atoms with Gasteiger partial charge in [0.15, 0.2) is 0 Å². The van der Waals surface area contributed by atoms with Crippen molar-refractivity contribution in [1.82, 2.24) is 15.1 Å². The van der Waals surface area contributed by atoms with Crippen molar-refractivity contribution in [3.8, 4) is 11.3 Å². The number of benzene rings is 2. The van der Waals surface area contributed by atoms with Gasteiger partial charge in [0.05, 0.1) is 12.1 Å². The summed E-state index contributed by atoms with van der Waals surface area (Å²) in [5.41, 5.74) is 3.01. The predicted molar refractivity (Wildman–Crippen MR) is 104 cm³/mol. The van der Waals surface area contributed by atoms with Gasteiger partial charge in [0.25, 0.3) is 0 Å². The smallest absolute Gasteiger partial charge is 0.327 e. The SMILES string of the molecule is CCNCc1cc(F)ccc1-c1nn(CC(=O)OCC)c2ccc(Cl)cc12. The topological polar surface area (TPSA) is 56.2 Å². The molecule has 0 saturated carbocycles. The van der Waals surface area contributed by atoms with Crippen molar-refractivity contribution in [2.75, 3.05) is 13.2 Å². The van der Waals surface area contributed by atoms with Gasteiger partial charge in [-0.05, 0) is 55.4 Å². The number of ether oxygens (including phenoxy) is 1. The molecule has 2 aromatic carbocycles. The molecule has 1 N–H and O–H groups in total. The van der Waals surface area contributed by atoms with E-state index in [-0.39, 0.29) is 18.3 Å². The molecule has 0 saturated heterocycles. The molecule has 0 aliphatic carbocycles. The number of aromatic nitrogens is 2. The molecule has 27 heavy (non-hydrogen) atoms. The second kappa shape index (κ2) is 8.50. The molecule has 7 heteroatoms. The van der Waals surface area contributed by atoms with Crippen LogP contribution in [-0.2, 0) is 22.6 Å². The van der Waals surface area contributed by atoms with E-state index in [9.17, 15) is 9.18 Å². The van der Waals surface area contributed by atoms with Gasteiger partial charge < -0.3 is 10.1 Å². The molecule has 3 aromatic rings. The highest BCUT2D eigenvalue weighted by atomic mass is 35.5. The zero-order valence-electron chi connectivity index (χ0n) is 15.3. The van der Waals surface area contributed by atoms with Crippen molar-refractivity contribution in [2.24, 2.45) is 0 Å². The Balaban J connectivity index is 2.14. The van der Waals surface area contributed by atoms with Gasteiger partial charge in [-0.25, -0.2) is 4.39 Å². The van der Waals surface area contributed by atoms with Gasteiger partial charge in [-0.1, -0.05) is 18.5 Å². The number of nitrogens with one attached hydrogen (secondary N) is 1. The number of esters is 1. The van der Waals surface area contributed by atoms with Crippen LogP contribution in [0.2, 0.25) is 5.02 Å². The van der Waals surface area contributed by atoms with Gasteiger partial charge in [0.1, 0.15) is 18.1 Å². The Labute approximate surface area is 162 Å². The van der Waals surface area contributed by atoms with Gasteiger partial charge in [0.2, 0.25) is 0 Å². The lowest BCUT2D eigenvalue weighted by Gasteiger charge is -2.09. The third kappa shape index (κ3) is 4.28. The molecule has 1 aromatic heterocycles. The van der Waals surface area contributed by atoms with Crippen molar-refractivity contribution < 1.29 is 13.9 Å². The van der Waals surface area contributed by atoms with E-state index >= 15 is 0 Å². The third-order valence-electron chi connectivity index (χ3n) is 4.18. The Morgan fingerprint density at radius 3 is 2.81 bits per heavy atom. The number of halogens is 2. The molecule has 0 aliphatic heterocycles. The van der Waals surface area contributed by atoms with Crippen molar-refractivity contribution in [1.29, 1.82) is 0 Å². The van der Waals surface area contributed by atoms with E-state index < -0.39 is 0 Å². The van der Waals surface area contributed by atoms with Crippen LogP contribution in [0.1, 0.15) is 19.4 Å². The Hall–Kier alpha value is -2.44. The van der Waals surface area contributed by atoms with Crippen LogP contribution in [0.25, 0.3) is 22.2 Å². The fourth-order valence-electron chi connectivity index (χ4n) is 3.00. The predicted octanol–water partition coefficient (Wildman–Crippen LogP) is 4.17. The second-order valence-corrected chi connectivity index (χ2v) is 6.49. The maximum atomic E-state index is 13.8. The number of carbonyl (C=O) groups excluding carboxylic acids is 1. The molecule has 0 atom stereocenters. The number of rotatable bonds is 7. The Kier molecular flexibility index (Phi) is 6.08. The van der Waals surface area contributed by atoms with Crippen LogP contribution in [0.15, 0.2) is 36.4 Å². The first-order valence-corrected chi connectivity index (χ1v) is 9.22. The summed E-state index contributed by atoms with van der Waals surface area (Å²) in [5.74, 6) is -0.671. The van der Waals surface area contributed by atoms with Crippen LogP contribution in [0.3, 0.4) is 0 Å². The summed E-state index contributed by atoms with van der Waals surface area (Å²) in [5, 5.41) is 9.21. The maximum Gasteiger partial charge on any atom is 0.327 e. The summed E-state index contributed by atoms with van der Waals surface area (Å²) >= 11 is 6.19. The second-order valence-electron chi connectivity index (χ2n) is 6.05.